The Balaban J connectivity index is 2.01. The molecule has 3 rings (SSSR count). The maximum absolute atomic E-state index is 14.9. The molecule has 0 bridgehead atoms. The quantitative estimate of drug-likeness (QED) is 0.200. The van der Waals surface area contributed by atoms with Crippen LogP contribution in [0.15, 0.2) is 54.6 Å². The van der Waals surface area contributed by atoms with Gasteiger partial charge in [0.05, 0.1) is 5.39 Å². The fraction of sp³-hybridized carbons (Fsp3) is 0.231. The molecule has 0 spiro atoms. The van der Waals surface area contributed by atoms with Crippen LogP contribution in [0.5, 0.6) is 0 Å². The van der Waals surface area contributed by atoms with Crippen molar-refractivity contribution >= 4 is 22.4 Å². The van der Waals surface area contributed by atoms with Gasteiger partial charge < -0.3 is 0 Å². The lowest BCUT2D eigenvalue weighted by Crippen LogP contribution is -2.00. The molecule has 3 aromatic rings. The molecule has 0 saturated carbocycles. The van der Waals surface area contributed by atoms with E-state index >= 15 is 0 Å². The number of aryl methyl sites for hydroxylation is 2. The minimum Gasteiger partial charge on any atom is -0.205 e. The van der Waals surface area contributed by atoms with Crippen LogP contribution in [0.4, 0.5) is 22.0 Å². The third kappa shape index (κ3) is 4.71. The second kappa shape index (κ2) is 9.90. The van der Waals surface area contributed by atoms with Gasteiger partial charge in [0.2, 0.25) is 0 Å². The summed E-state index contributed by atoms with van der Waals surface area (Å²) in [5.74, 6) is -6.60. The van der Waals surface area contributed by atoms with E-state index in [-0.39, 0.29) is 22.9 Å². The normalized spacial score (nSPS) is 12.6. The minimum absolute atomic E-state index is 0.0586. The van der Waals surface area contributed by atoms with Gasteiger partial charge in [-0.1, -0.05) is 55.8 Å². The number of fused-ring (bicyclic) bond motifs is 1. The Morgan fingerprint density at radius 1 is 0.839 bits per heavy atom. The highest BCUT2D eigenvalue weighted by Gasteiger charge is 2.22. The van der Waals surface area contributed by atoms with Crippen LogP contribution in [0.1, 0.15) is 48.9 Å². The second-order valence-corrected chi connectivity index (χ2v) is 7.37. The number of allylic oxidation sites excluding steroid dienone is 2. The van der Waals surface area contributed by atoms with Gasteiger partial charge in [0.15, 0.2) is 23.3 Å². The Labute approximate surface area is 178 Å². The van der Waals surface area contributed by atoms with Crippen LogP contribution >= 0.6 is 0 Å². The zero-order chi connectivity index (χ0) is 22.5. The van der Waals surface area contributed by atoms with Crippen molar-refractivity contribution in [3.63, 3.8) is 0 Å². The molecule has 0 aromatic heterocycles. The average molecular weight is 430 g/mol. The molecule has 0 N–H and O–H groups in total. The van der Waals surface area contributed by atoms with Crippen LogP contribution < -0.4 is 0 Å². The van der Waals surface area contributed by atoms with E-state index in [1.807, 2.05) is 26.0 Å². The van der Waals surface area contributed by atoms with E-state index in [2.05, 4.69) is 0 Å². The first-order valence-corrected chi connectivity index (χ1v) is 10.2. The molecule has 3 aromatic carbocycles. The summed E-state index contributed by atoms with van der Waals surface area (Å²) in [7, 11) is 0. The van der Waals surface area contributed by atoms with Crippen molar-refractivity contribution in [1.82, 2.24) is 0 Å². The molecule has 0 aliphatic heterocycles. The number of hydrogen-bond donors (Lipinski definition) is 0. The maximum Gasteiger partial charge on any atom is 0.169 e. The van der Waals surface area contributed by atoms with Crippen molar-refractivity contribution in [2.75, 3.05) is 0 Å². The van der Waals surface area contributed by atoms with E-state index in [0.717, 1.165) is 24.5 Å². The molecule has 0 aliphatic carbocycles. The lowest BCUT2D eigenvalue weighted by molar-refractivity contribution is 0.501. The highest BCUT2D eigenvalue weighted by molar-refractivity contribution is 5.91. The van der Waals surface area contributed by atoms with Crippen molar-refractivity contribution in [3.8, 4) is 0 Å². The Kier molecular flexibility index (Phi) is 7.26. The summed E-state index contributed by atoms with van der Waals surface area (Å²) >= 11 is 0. The van der Waals surface area contributed by atoms with E-state index in [0.29, 0.717) is 6.42 Å². The molecular formula is C26H23F5. The standard InChI is InChI=1S/C26H23F5/c1-3-5-6-8-16-9-11-17(12-10-16)22(27)25(30)20-14-13-18-15-19(7-4-2)23(28)26(31)21(18)24(20)29/h3,5,9-15H,4,6-8H2,1-2H3/b5-3+,25-22?. The summed E-state index contributed by atoms with van der Waals surface area (Å²) in [6, 6.07) is 9.83. The molecule has 5 heteroatoms. The van der Waals surface area contributed by atoms with Gasteiger partial charge in [-0.05, 0) is 54.8 Å². The molecule has 0 atom stereocenters. The molecular weight excluding hydrogens is 407 g/mol. The third-order valence-corrected chi connectivity index (χ3v) is 5.19. The van der Waals surface area contributed by atoms with Crippen LogP contribution in [-0.4, -0.2) is 0 Å². The first kappa shape index (κ1) is 22.7. The van der Waals surface area contributed by atoms with Crippen LogP contribution in [0.25, 0.3) is 22.4 Å². The van der Waals surface area contributed by atoms with E-state index in [1.165, 1.54) is 24.3 Å². The molecule has 0 amide bonds. The summed E-state index contributed by atoms with van der Waals surface area (Å²) in [5, 5.41) is -0.584. The van der Waals surface area contributed by atoms with Gasteiger partial charge in [-0.2, -0.15) is 0 Å². The van der Waals surface area contributed by atoms with E-state index < -0.39 is 40.1 Å². The van der Waals surface area contributed by atoms with Crippen molar-refractivity contribution < 1.29 is 22.0 Å². The van der Waals surface area contributed by atoms with Gasteiger partial charge >= 0.3 is 0 Å². The molecule has 0 saturated heterocycles. The van der Waals surface area contributed by atoms with E-state index in [1.54, 1.807) is 12.1 Å². The second-order valence-electron chi connectivity index (χ2n) is 7.37. The average Bonchev–Trinajstić information content (AvgIpc) is 2.77. The van der Waals surface area contributed by atoms with E-state index in [9.17, 15) is 22.0 Å². The molecule has 0 heterocycles. The summed E-state index contributed by atoms with van der Waals surface area (Å²) in [6.45, 7) is 3.73. The molecule has 0 unspecified atom stereocenters. The number of benzene rings is 3. The summed E-state index contributed by atoms with van der Waals surface area (Å²) < 4.78 is 73.3. The van der Waals surface area contributed by atoms with Gasteiger partial charge in [0.1, 0.15) is 5.82 Å². The highest BCUT2D eigenvalue weighted by Crippen LogP contribution is 2.35. The predicted octanol–water partition coefficient (Wildman–Crippen LogP) is 8.48. The van der Waals surface area contributed by atoms with E-state index in [4.69, 9.17) is 0 Å². The van der Waals surface area contributed by atoms with Crippen molar-refractivity contribution in [3.05, 3.63) is 94.3 Å². The van der Waals surface area contributed by atoms with Crippen molar-refractivity contribution in [2.24, 2.45) is 0 Å². The van der Waals surface area contributed by atoms with Crippen LogP contribution in [0.2, 0.25) is 0 Å². The number of halogens is 5. The lowest BCUT2D eigenvalue weighted by atomic mass is 9.99. The zero-order valence-corrected chi connectivity index (χ0v) is 17.4. The maximum atomic E-state index is 14.9. The number of rotatable bonds is 7. The Morgan fingerprint density at radius 3 is 2.19 bits per heavy atom. The first-order chi connectivity index (χ1) is 14.9. The van der Waals surface area contributed by atoms with Gasteiger partial charge in [0, 0.05) is 11.1 Å². The van der Waals surface area contributed by atoms with Crippen LogP contribution in [0, 0.1) is 17.5 Å². The SMILES string of the molecule is C/C=C/CCc1ccc(C(F)=C(F)c2ccc3cc(CCC)c(F)c(F)c3c2F)cc1. The molecule has 0 aliphatic rings. The van der Waals surface area contributed by atoms with Gasteiger partial charge in [0.25, 0.3) is 0 Å². The fourth-order valence-corrected chi connectivity index (χ4v) is 3.54. The van der Waals surface area contributed by atoms with Gasteiger partial charge in [-0.25, -0.2) is 22.0 Å². The van der Waals surface area contributed by atoms with Crippen LogP contribution in [-0.2, 0) is 12.8 Å². The third-order valence-electron chi connectivity index (χ3n) is 5.19. The Bertz CT molecular complexity index is 1140. The fourth-order valence-electron chi connectivity index (χ4n) is 3.54. The molecule has 31 heavy (non-hydrogen) atoms. The largest absolute Gasteiger partial charge is 0.205 e. The monoisotopic (exact) mass is 430 g/mol. The Morgan fingerprint density at radius 2 is 1.55 bits per heavy atom. The zero-order valence-electron chi connectivity index (χ0n) is 17.4. The van der Waals surface area contributed by atoms with Crippen molar-refractivity contribution in [2.45, 2.75) is 39.5 Å². The topological polar surface area (TPSA) is 0 Å². The number of hydrogen-bond acceptors (Lipinski definition) is 0. The first-order valence-electron chi connectivity index (χ1n) is 10.2. The predicted molar refractivity (Wildman–Crippen MR) is 116 cm³/mol. The highest BCUT2D eigenvalue weighted by atomic mass is 19.2. The summed E-state index contributed by atoms with van der Waals surface area (Å²) in [6.07, 6.45) is 6.39. The Hall–Kier alpha value is -2.95. The molecule has 162 valence electrons. The van der Waals surface area contributed by atoms with Gasteiger partial charge in [-0.15, -0.1) is 0 Å². The minimum atomic E-state index is -1.46. The smallest absolute Gasteiger partial charge is 0.169 e. The van der Waals surface area contributed by atoms with Crippen molar-refractivity contribution in [1.29, 1.82) is 0 Å². The van der Waals surface area contributed by atoms with Gasteiger partial charge in [-0.3, -0.25) is 0 Å². The van der Waals surface area contributed by atoms with Crippen LogP contribution in [0.3, 0.4) is 0 Å². The molecule has 0 radical (unpaired) electrons. The summed E-state index contributed by atoms with van der Waals surface area (Å²) in [5.41, 5.74) is 0.268. The lowest BCUT2D eigenvalue weighted by Gasteiger charge is -2.11. The summed E-state index contributed by atoms with van der Waals surface area (Å²) in [4.78, 5) is 0. The molecule has 0 nitrogen and oxygen atoms in total. The molecule has 0 fully saturated rings.